The maximum absolute atomic E-state index is 13.3. The van der Waals surface area contributed by atoms with Gasteiger partial charge in [0.15, 0.2) is 0 Å². The van der Waals surface area contributed by atoms with Gasteiger partial charge in [0.05, 0.1) is 23.1 Å². The normalized spacial score (nSPS) is 10.7. The molecule has 0 bridgehead atoms. The minimum atomic E-state index is -0.219. The molecule has 0 saturated carbocycles. The number of halogens is 1. The summed E-state index contributed by atoms with van der Waals surface area (Å²) in [7, 11) is 0. The maximum Gasteiger partial charge on any atom is 0.126 e. The second-order valence-electron chi connectivity index (χ2n) is 4.69. The Kier molecular flexibility index (Phi) is 2.99. The van der Waals surface area contributed by atoms with E-state index in [0.717, 1.165) is 22.3 Å². The van der Waals surface area contributed by atoms with Crippen molar-refractivity contribution in [2.75, 3.05) is 11.1 Å². The topological polar surface area (TPSA) is 50.9 Å². The van der Waals surface area contributed by atoms with Gasteiger partial charge in [-0.25, -0.2) is 4.39 Å². The summed E-state index contributed by atoms with van der Waals surface area (Å²) in [4.78, 5) is 4.29. The van der Waals surface area contributed by atoms with Gasteiger partial charge >= 0.3 is 0 Å². The van der Waals surface area contributed by atoms with E-state index in [0.29, 0.717) is 11.3 Å². The molecule has 20 heavy (non-hydrogen) atoms. The molecule has 3 N–H and O–H groups in total. The van der Waals surface area contributed by atoms with Gasteiger partial charge in [-0.3, -0.25) is 4.98 Å². The monoisotopic (exact) mass is 267 g/mol. The summed E-state index contributed by atoms with van der Waals surface area (Å²) in [6, 6.07) is 12.6. The van der Waals surface area contributed by atoms with Crippen molar-refractivity contribution < 1.29 is 4.39 Å². The molecule has 1 aromatic heterocycles. The zero-order valence-corrected chi connectivity index (χ0v) is 11.0. The first-order valence-corrected chi connectivity index (χ1v) is 6.31. The Balaban J connectivity index is 2.10. The van der Waals surface area contributed by atoms with Crippen LogP contribution in [0.3, 0.4) is 0 Å². The molecule has 0 amide bonds. The molecule has 4 heteroatoms. The molecule has 0 unspecified atom stereocenters. The fourth-order valence-electron chi connectivity index (χ4n) is 2.16. The molecule has 0 aliphatic heterocycles. The van der Waals surface area contributed by atoms with Gasteiger partial charge in [-0.15, -0.1) is 0 Å². The fourth-order valence-corrected chi connectivity index (χ4v) is 2.16. The number of anilines is 3. The van der Waals surface area contributed by atoms with Crippen molar-refractivity contribution in [2.24, 2.45) is 0 Å². The van der Waals surface area contributed by atoms with Crippen LogP contribution >= 0.6 is 0 Å². The molecule has 3 aromatic rings. The number of aromatic nitrogens is 1. The molecule has 0 aliphatic rings. The Morgan fingerprint density at radius 2 is 1.95 bits per heavy atom. The average molecular weight is 267 g/mol. The Morgan fingerprint density at radius 3 is 2.75 bits per heavy atom. The van der Waals surface area contributed by atoms with Crippen LogP contribution in [-0.4, -0.2) is 4.98 Å². The molecule has 100 valence electrons. The third kappa shape index (κ3) is 2.16. The highest BCUT2D eigenvalue weighted by atomic mass is 19.1. The van der Waals surface area contributed by atoms with Crippen LogP contribution in [0, 0.1) is 12.7 Å². The van der Waals surface area contributed by atoms with Crippen molar-refractivity contribution in [3.8, 4) is 0 Å². The predicted molar refractivity (Wildman–Crippen MR) is 80.6 cm³/mol. The van der Waals surface area contributed by atoms with E-state index in [1.165, 1.54) is 6.07 Å². The number of nitrogens with one attached hydrogen (secondary N) is 1. The lowest BCUT2D eigenvalue weighted by molar-refractivity contribution is 0.619. The Hall–Kier alpha value is -2.62. The lowest BCUT2D eigenvalue weighted by atomic mass is 10.1. The SMILES string of the molecule is Cc1cc(Nc2c(N)cnc3ccccc23)ccc1F. The zero-order chi connectivity index (χ0) is 14.1. The third-order valence-electron chi connectivity index (χ3n) is 3.23. The zero-order valence-electron chi connectivity index (χ0n) is 11.0. The molecule has 1 heterocycles. The number of nitrogen functional groups attached to an aromatic ring is 1. The number of aryl methyl sites for hydroxylation is 1. The van der Waals surface area contributed by atoms with Crippen LogP contribution in [0.2, 0.25) is 0 Å². The highest BCUT2D eigenvalue weighted by molar-refractivity contribution is 5.98. The van der Waals surface area contributed by atoms with Gasteiger partial charge in [0.25, 0.3) is 0 Å². The Labute approximate surface area is 116 Å². The minimum absolute atomic E-state index is 0.219. The van der Waals surface area contributed by atoms with Crippen molar-refractivity contribution in [1.82, 2.24) is 4.98 Å². The summed E-state index contributed by atoms with van der Waals surface area (Å²) in [6.07, 6.45) is 1.63. The van der Waals surface area contributed by atoms with Gasteiger partial charge < -0.3 is 11.1 Å². The third-order valence-corrected chi connectivity index (χ3v) is 3.23. The number of pyridine rings is 1. The molecule has 0 fully saturated rings. The number of fused-ring (bicyclic) bond motifs is 1. The lowest BCUT2D eigenvalue weighted by Gasteiger charge is -2.12. The summed E-state index contributed by atoms with van der Waals surface area (Å²) in [5.41, 5.74) is 9.61. The number of hydrogen-bond donors (Lipinski definition) is 2. The molecule has 0 spiro atoms. The van der Waals surface area contributed by atoms with E-state index in [4.69, 9.17) is 5.73 Å². The number of hydrogen-bond acceptors (Lipinski definition) is 3. The first-order chi connectivity index (χ1) is 9.65. The van der Waals surface area contributed by atoms with E-state index in [-0.39, 0.29) is 5.82 Å². The van der Waals surface area contributed by atoms with Crippen LogP contribution < -0.4 is 11.1 Å². The van der Waals surface area contributed by atoms with Gasteiger partial charge in [0.1, 0.15) is 5.82 Å². The quantitative estimate of drug-likeness (QED) is 0.737. The van der Waals surface area contributed by atoms with Crippen molar-refractivity contribution in [3.63, 3.8) is 0 Å². The number of benzene rings is 2. The van der Waals surface area contributed by atoms with E-state index in [1.54, 1.807) is 25.3 Å². The number of para-hydroxylation sites is 1. The van der Waals surface area contributed by atoms with Crippen molar-refractivity contribution in [2.45, 2.75) is 6.92 Å². The minimum Gasteiger partial charge on any atom is -0.396 e. The largest absolute Gasteiger partial charge is 0.396 e. The van der Waals surface area contributed by atoms with Crippen LogP contribution in [0.25, 0.3) is 10.9 Å². The summed E-state index contributed by atoms with van der Waals surface area (Å²) >= 11 is 0. The second-order valence-corrected chi connectivity index (χ2v) is 4.69. The van der Waals surface area contributed by atoms with Crippen molar-refractivity contribution >= 4 is 28.0 Å². The summed E-state index contributed by atoms with van der Waals surface area (Å²) in [6.45, 7) is 1.73. The van der Waals surface area contributed by atoms with E-state index in [9.17, 15) is 4.39 Å². The molecule has 0 atom stereocenters. The van der Waals surface area contributed by atoms with Crippen LogP contribution in [0.4, 0.5) is 21.5 Å². The molecule has 3 nitrogen and oxygen atoms in total. The second kappa shape index (κ2) is 4.81. The molecular formula is C16H14FN3. The highest BCUT2D eigenvalue weighted by Gasteiger charge is 2.07. The smallest absolute Gasteiger partial charge is 0.126 e. The summed E-state index contributed by atoms with van der Waals surface area (Å²) in [5, 5.41) is 4.19. The summed E-state index contributed by atoms with van der Waals surface area (Å²) in [5.74, 6) is -0.219. The van der Waals surface area contributed by atoms with E-state index >= 15 is 0 Å². The first kappa shape index (κ1) is 12.4. The van der Waals surface area contributed by atoms with Gasteiger partial charge in [-0.1, -0.05) is 18.2 Å². The van der Waals surface area contributed by atoms with E-state index in [2.05, 4.69) is 10.3 Å². The summed E-state index contributed by atoms with van der Waals surface area (Å²) < 4.78 is 13.3. The highest BCUT2D eigenvalue weighted by Crippen LogP contribution is 2.30. The number of nitrogens with zero attached hydrogens (tertiary/aromatic N) is 1. The van der Waals surface area contributed by atoms with Crippen LogP contribution in [-0.2, 0) is 0 Å². The molecule has 0 radical (unpaired) electrons. The van der Waals surface area contributed by atoms with Gasteiger partial charge in [-0.05, 0) is 36.8 Å². The molecule has 3 rings (SSSR count). The van der Waals surface area contributed by atoms with Crippen LogP contribution in [0.1, 0.15) is 5.56 Å². The first-order valence-electron chi connectivity index (χ1n) is 6.31. The maximum atomic E-state index is 13.3. The van der Waals surface area contributed by atoms with Crippen LogP contribution in [0.5, 0.6) is 0 Å². The predicted octanol–water partition coefficient (Wildman–Crippen LogP) is 4.01. The molecule has 0 aliphatic carbocycles. The van der Waals surface area contributed by atoms with Gasteiger partial charge in [-0.2, -0.15) is 0 Å². The number of nitrogens with two attached hydrogens (primary N) is 1. The van der Waals surface area contributed by atoms with E-state index < -0.39 is 0 Å². The van der Waals surface area contributed by atoms with Crippen LogP contribution in [0.15, 0.2) is 48.7 Å². The van der Waals surface area contributed by atoms with Gasteiger partial charge in [0.2, 0.25) is 0 Å². The Bertz CT molecular complexity index is 784. The Morgan fingerprint density at radius 1 is 1.15 bits per heavy atom. The van der Waals surface area contributed by atoms with Crippen molar-refractivity contribution in [3.05, 3.63) is 60.0 Å². The lowest BCUT2D eigenvalue weighted by Crippen LogP contribution is -1.99. The van der Waals surface area contributed by atoms with Crippen molar-refractivity contribution in [1.29, 1.82) is 0 Å². The van der Waals surface area contributed by atoms with E-state index in [1.807, 2.05) is 24.3 Å². The number of rotatable bonds is 2. The molecule has 2 aromatic carbocycles. The standard InChI is InChI=1S/C16H14FN3/c1-10-8-11(6-7-13(10)17)20-16-12-4-2-3-5-15(12)19-9-14(16)18/h2-9H,18H2,1H3,(H,19,20). The van der Waals surface area contributed by atoms with Gasteiger partial charge in [0, 0.05) is 11.1 Å². The molecular weight excluding hydrogens is 253 g/mol. The fraction of sp³-hybridized carbons (Fsp3) is 0.0625. The molecule has 0 saturated heterocycles. The average Bonchev–Trinajstić information content (AvgIpc) is 2.46.